The quantitative estimate of drug-likeness (QED) is 0.761. The van der Waals surface area contributed by atoms with E-state index in [-0.39, 0.29) is 23.7 Å². The van der Waals surface area contributed by atoms with Gasteiger partial charge in [-0.25, -0.2) is 4.79 Å². The normalized spacial score (nSPS) is 27.2. The van der Waals surface area contributed by atoms with Gasteiger partial charge in [0, 0.05) is 19.5 Å². The molecule has 1 saturated heterocycles. The fourth-order valence-corrected chi connectivity index (χ4v) is 3.10. The zero-order valence-corrected chi connectivity index (χ0v) is 11.1. The molecule has 112 valence electrons. The number of primary amides is 1. The standard InChI is InChI=1S/C10H13F3N4O2S/c11-10(12,13)5-1-9(4-16-2-5,19-8(15)18)7-6(14)3-17-20-7/h3,5,16H,1-2,4,14H2,(H2,15,18)/t5-,9+/m1/s1. The van der Waals surface area contributed by atoms with E-state index in [0.717, 1.165) is 11.5 Å². The molecule has 1 aliphatic rings. The molecule has 10 heteroatoms. The Balaban J connectivity index is 2.38. The molecule has 1 aromatic heterocycles. The number of carbonyl (C=O) groups is 1. The van der Waals surface area contributed by atoms with Gasteiger partial charge in [0.1, 0.15) is 0 Å². The summed E-state index contributed by atoms with van der Waals surface area (Å²) in [7, 11) is 0. The smallest absolute Gasteiger partial charge is 0.405 e. The molecule has 0 aromatic carbocycles. The summed E-state index contributed by atoms with van der Waals surface area (Å²) in [6.07, 6.45) is -4.68. The maximum atomic E-state index is 12.9. The number of nitrogen functional groups attached to an aromatic ring is 1. The first-order valence-electron chi connectivity index (χ1n) is 5.71. The van der Waals surface area contributed by atoms with E-state index >= 15 is 0 Å². The van der Waals surface area contributed by atoms with E-state index in [4.69, 9.17) is 16.2 Å². The maximum absolute atomic E-state index is 12.9. The summed E-state index contributed by atoms with van der Waals surface area (Å²) in [5.41, 5.74) is 9.34. The van der Waals surface area contributed by atoms with Crippen LogP contribution in [0, 0.1) is 5.92 Å². The van der Waals surface area contributed by atoms with Gasteiger partial charge in [-0.3, -0.25) is 0 Å². The van der Waals surface area contributed by atoms with E-state index in [1.54, 1.807) is 0 Å². The molecule has 1 aliphatic heterocycles. The summed E-state index contributed by atoms with van der Waals surface area (Å²) >= 11 is 0.894. The lowest BCUT2D eigenvalue weighted by molar-refractivity contribution is -0.196. The van der Waals surface area contributed by atoms with Gasteiger partial charge < -0.3 is 21.5 Å². The number of rotatable bonds is 2. The lowest BCUT2D eigenvalue weighted by Crippen LogP contribution is -2.53. The Morgan fingerprint density at radius 2 is 2.30 bits per heavy atom. The molecule has 1 fully saturated rings. The van der Waals surface area contributed by atoms with Crippen molar-refractivity contribution in [3.63, 3.8) is 0 Å². The summed E-state index contributed by atoms with van der Waals surface area (Å²) < 4.78 is 47.5. The van der Waals surface area contributed by atoms with Crippen molar-refractivity contribution in [2.75, 3.05) is 18.8 Å². The fourth-order valence-electron chi connectivity index (χ4n) is 2.31. The minimum absolute atomic E-state index is 0.00884. The molecule has 2 heterocycles. The third-order valence-corrected chi connectivity index (χ3v) is 4.15. The van der Waals surface area contributed by atoms with Crippen molar-refractivity contribution < 1.29 is 22.7 Å². The monoisotopic (exact) mass is 310 g/mol. The first kappa shape index (κ1) is 14.9. The SMILES string of the molecule is NC(=O)O[C@]1(c2sncc2N)CNC[C@H](C(F)(F)F)C1. The van der Waals surface area contributed by atoms with Crippen molar-refractivity contribution in [1.82, 2.24) is 9.69 Å². The molecule has 5 N–H and O–H groups in total. The number of ether oxygens (including phenoxy) is 1. The van der Waals surface area contributed by atoms with Crippen molar-refractivity contribution in [3.8, 4) is 0 Å². The second kappa shape index (κ2) is 5.09. The van der Waals surface area contributed by atoms with Crippen LogP contribution in [0.2, 0.25) is 0 Å². The molecule has 0 aliphatic carbocycles. The van der Waals surface area contributed by atoms with E-state index in [9.17, 15) is 18.0 Å². The van der Waals surface area contributed by atoms with E-state index in [2.05, 4.69) is 9.69 Å². The predicted molar refractivity (Wildman–Crippen MR) is 65.9 cm³/mol. The van der Waals surface area contributed by atoms with Gasteiger partial charge in [0.25, 0.3) is 0 Å². The molecule has 1 amide bonds. The number of halogens is 3. The number of nitrogens with one attached hydrogen (secondary N) is 1. The van der Waals surface area contributed by atoms with Crippen LogP contribution >= 0.6 is 11.5 Å². The summed E-state index contributed by atoms with van der Waals surface area (Å²) in [4.78, 5) is 11.3. The molecular formula is C10H13F3N4O2S. The summed E-state index contributed by atoms with van der Waals surface area (Å²) in [6.45, 7) is -0.235. The number of nitrogens with two attached hydrogens (primary N) is 2. The van der Waals surface area contributed by atoms with E-state index in [1.165, 1.54) is 6.20 Å². The number of alkyl halides is 3. The molecule has 6 nitrogen and oxygen atoms in total. The van der Waals surface area contributed by atoms with Crippen molar-refractivity contribution >= 4 is 23.3 Å². The predicted octanol–water partition coefficient (Wildman–Crippen LogP) is 1.19. The molecule has 0 spiro atoms. The van der Waals surface area contributed by atoms with Gasteiger partial charge in [0.2, 0.25) is 0 Å². The number of nitrogens with zero attached hydrogens (tertiary/aromatic N) is 1. The average molecular weight is 310 g/mol. The molecule has 20 heavy (non-hydrogen) atoms. The van der Waals surface area contributed by atoms with Crippen LogP contribution in [0.5, 0.6) is 0 Å². The highest BCUT2D eigenvalue weighted by Gasteiger charge is 2.51. The van der Waals surface area contributed by atoms with Crippen LogP contribution in [0.1, 0.15) is 11.3 Å². The van der Waals surface area contributed by atoms with E-state index in [1.807, 2.05) is 0 Å². The number of carbonyl (C=O) groups excluding carboxylic acids is 1. The summed E-state index contributed by atoms with van der Waals surface area (Å²) in [6, 6.07) is 0. The third-order valence-electron chi connectivity index (χ3n) is 3.15. The van der Waals surface area contributed by atoms with Crippen LogP contribution in [0.25, 0.3) is 0 Å². The third kappa shape index (κ3) is 2.80. The number of anilines is 1. The van der Waals surface area contributed by atoms with Crippen LogP contribution < -0.4 is 16.8 Å². The maximum Gasteiger partial charge on any atom is 0.405 e. The molecule has 0 saturated carbocycles. The second-order valence-electron chi connectivity index (χ2n) is 4.60. The lowest BCUT2D eigenvalue weighted by Gasteiger charge is -2.40. The van der Waals surface area contributed by atoms with Gasteiger partial charge in [-0.2, -0.15) is 17.5 Å². The average Bonchev–Trinajstić information content (AvgIpc) is 2.74. The van der Waals surface area contributed by atoms with Crippen molar-refractivity contribution in [2.45, 2.75) is 18.2 Å². The summed E-state index contributed by atoms with van der Waals surface area (Å²) in [5, 5.41) is 2.62. The van der Waals surface area contributed by atoms with E-state index < -0.39 is 30.2 Å². The van der Waals surface area contributed by atoms with Crippen LogP contribution in [0.3, 0.4) is 0 Å². The lowest BCUT2D eigenvalue weighted by atomic mass is 9.84. The largest absolute Gasteiger partial charge is 0.436 e. The molecule has 2 atom stereocenters. The highest BCUT2D eigenvalue weighted by atomic mass is 32.1. The van der Waals surface area contributed by atoms with Crippen molar-refractivity contribution in [3.05, 3.63) is 11.1 Å². The van der Waals surface area contributed by atoms with Crippen LogP contribution in [0.4, 0.5) is 23.7 Å². The van der Waals surface area contributed by atoms with Gasteiger partial charge in [-0.05, 0) is 11.5 Å². The Hall–Kier alpha value is -1.55. The Labute approximate surface area is 116 Å². The number of hydrogen-bond donors (Lipinski definition) is 3. The minimum atomic E-state index is -4.40. The van der Waals surface area contributed by atoms with Gasteiger partial charge in [-0.15, -0.1) is 0 Å². The van der Waals surface area contributed by atoms with Crippen molar-refractivity contribution in [1.29, 1.82) is 0 Å². The molecule has 0 bridgehead atoms. The molecule has 1 aromatic rings. The highest BCUT2D eigenvalue weighted by molar-refractivity contribution is 7.06. The number of aromatic nitrogens is 1. The van der Waals surface area contributed by atoms with E-state index in [0.29, 0.717) is 0 Å². The minimum Gasteiger partial charge on any atom is -0.436 e. The Bertz CT molecular complexity index is 507. The zero-order chi connectivity index (χ0) is 15.0. The number of hydrogen-bond acceptors (Lipinski definition) is 6. The van der Waals surface area contributed by atoms with Crippen LogP contribution in [-0.4, -0.2) is 29.7 Å². The topological polar surface area (TPSA) is 103 Å². The Morgan fingerprint density at radius 1 is 1.60 bits per heavy atom. The Kier molecular flexibility index (Phi) is 3.78. The highest BCUT2D eigenvalue weighted by Crippen LogP contribution is 2.44. The van der Waals surface area contributed by atoms with Gasteiger partial charge in [-0.1, -0.05) is 0 Å². The molecule has 0 radical (unpaired) electrons. The van der Waals surface area contributed by atoms with Gasteiger partial charge in [0.05, 0.1) is 22.7 Å². The van der Waals surface area contributed by atoms with Crippen molar-refractivity contribution in [2.24, 2.45) is 11.7 Å². The summed E-state index contributed by atoms with van der Waals surface area (Å²) in [5.74, 6) is -1.66. The molecule has 2 rings (SSSR count). The van der Waals surface area contributed by atoms with Gasteiger partial charge >= 0.3 is 12.3 Å². The first-order chi connectivity index (χ1) is 9.24. The molecular weight excluding hydrogens is 297 g/mol. The Morgan fingerprint density at radius 3 is 2.80 bits per heavy atom. The van der Waals surface area contributed by atoms with Gasteiger partial charge in [0.15, 0.2) is 5.60 Å². The zero-order valence-electron chi connectivity index (χ0n) is 10.2. The van der Waals surface area contributed by atoms with Crippen LogP contribution in [0.15, 0.2) is 6.20 Å². The molecule has 0 unspecified atom stereocenters. The van der Waals surface area contributed by atoms with Crippen LogP contribution in [-0.2, 0) is 10.3 Å². The number of piperidine rings is 1. The fraction of sp³-hybridized carbons (Fsp3) is 0.600. The first-order valence-corrected chi connectivity index (χ1v) is 6.48. The second-order valence-corrected chi connectivity index (χ2v) is 5.40. The number of amides is 1.